The minimum atomic E-state index is -0.500. The predicted molar refractivity (Wildman–Crippen MR) is 139 cm³/mol. The minimum absolute atomic E-state index is 0.0448. The van der Waals surface area contributed by atoms with Crippen molar-refractivity contribution in [2.75, 3.05) is 31.7 Å². The van der Waals surface area contributed by atoms with Gasteiger partial charge in [-0.05, 0) is 36.5 Å². The van der Waals surface area contributed by atoms with Crippen molar-refractivity contribution in [1.82, 2.24) is 25.1 Å². The first-order valence-corrected chi connectivity index (χ1v) is 11.5. The Balaban J connectivity index is 1.58. The molecule has 0 saturated carbocycles. The van der Waals surface area contributed by atoms with Crippen LogP contribution in [0.1, 0.15) is 5.56 Å². The molecule has 0 spiro atoms. The second-order valence-electron chi connectivity index (χ2n) is 8.38. The fourth-order valence-electron chi connectivity index (χ4n) is 4.16. The van der Waals surface area contributed by atoms with Crippen molar-refractivity contribution < 1.29 is 13.9 Å². The Bertz CT molecular complexity index is 1430. The first-order valence-electron chi connectivity index (χ1n) is 11.5. The molecule has 9 nitrogen and oxygen atoms in total. The van der Waals surface area contributed by atoms with Crippen molar-refractivity contribution >= 4 is 40.9 Å². The molecular formula is C26H26FN7O2. The standard InChI is InChI=1S/C26H26FN7O2/c1-4-19-20(28-2)5-6-21(25(19)27)33-26-24-22(30-15-31-26)9-16(17-11-32-34(3)12-17)10-23(24)36-14-18-13-35-8-7-29-18/h4-6,9-12,15,18,29H,1-2,7-8,13-14H2,3H3,(H,30,31,33). The van der Waals surface area contributed by atoms with E-state index in [9.17, 15) is 0 Å². The Kier molecular flexibility index (Phi) is 6.70. The number of aryl methyl sites for hydroxylation is 1. The Morgan fingerprint density at radius 3 is 2.94 bits per heavy atom. The average Bonchev–Trinajstić information content (AvgIpc) is 3.35. The highest BCUT2D eigenvalue weighted by molar-refractivity contribution is 5.98. The summed E-state index contributed by atoms with van der Waals surface area (Å²) in [5, 5.41) is 11.4. The molecule has 1 atom stereocenters. The molecule has 1 aliphatic heterocycles. The SMILES string of the molecule is C=Cc1c(N=C)ccc(Nc2ncnc3cc(-c4cnn(C)c4)cc(OCC4COCCN4)c23)c1F. The van der Waals surface area contributed by atoms with E-state index in [1.807, 2.05) is 25.4 Å². The number of halogens is 1. The van der Waals surface area contributed by atoms with Gasteiger partial charge < -0.3 is 20.1 Å². The molecule has 2 N–H and O–H groups in total. The van der Waals surface area contributed by atoms with Gasteiger partial charge >= 0.3 is 0 Å². The number of ether oxygens (including phenoxy) is 2. The molecule has 0 amide bonds. The third-order valence-electron chi connectivity index (χ3n) is 5.96. The molecule has 2 aromatic heterocycles. The van der Waals surface area contributed by atoms with Crippen LogP contribution in [0.3, 0.4) is 0 Å². The fourth-order valence-corrected chi connectivity index (χ4v) is 4.16. The van der Waals surface area contributed by atoms with Crippen LogP contribution in [0, 0.1) is 5.82 Å². The van der Waals surface area contributed by atoms with E-state index in [1.54, 1.807) is 23.0 Å². The van der Waals surface area contributed by atoms with Crippen molar-refractivity contribution in [3.05, 3.63) is 60.9 Å². The Hall–Kier alpha value is -4.15. The zero-order chi connectivity index (χ0) is 25.1. The van der Waals surface area contributed by atoms with E-state index in [-0.39, 0.29) is 17.3 Å². The van der Waals surface area contributed by atoms with Crippen LogP contribution in [-0.4, -0.2) is 58.9 Å². The lowest BCUT2D eigenvalue weighted by Crippen LogP contribution is -2.44. The van der Waals surface area contributed by atoms with Crippen molar-refractivity contribution in [3.63, 3.8) is 0 Å². The molecule has 0 aliphatic carbocycles. The van der Waals surface area contributed by atoms with Crippen LogP contribution in [0.4, 0.5) is 21.6 Å². The summed E-state index contributed by atoms with van der Waals surface area (Å²) in [6.07, 6.45) is 6.55. The van der Waals surface area contributed by atoms with Gasteiger partial charge in [0.15, 0.2) is 5.82 Å². The van der Waals surface area contributed by atoms with Gasteiger partial charge in [0.1, 0.15) is 24.5 Å². The summed E-state index contributed by atoms with van der Waals surface area (Å²) in [4.78, 5) is 12.8. The van der Waals surface area contributed by atoms with Crippen LogP contribution in [0.25, 0.3) is 28.1 Å². The summed E-state index contributed by atoms with van der Waals surface area (Å²) in [6, 6.07) is 7.17. The van der Waals surface area contributed by atoms with Crippen LogP contribution in [-0.2, 0) is 11.8 Å². The number of benzene rings is 2. The molecule has 0 radical (unpaired) electrons. The van der Waals surface area contributed by atoms with Crippen LogP contribution < -0.4 is 15.4 Å². The number of nitrogens with zero attached hydrogens (tertiary/aromatic N) is 5. The van der Waals surface area contributed by atoms with E-state index >= 15 is 4.39 Å². The highest BCUT2D eigenvalue weighted by Gasteiger charge is 2.19. The summed E-state index contributed by atoms with van der Waals surface area (Å²) >= 11 is 0. The Labute approximate surface area is 207 Å². The molecule has 0 bridgehead atoms. The topological polar surface area (TPSA) is 98.5 Å². The number of hydrogen-bond acceptors (Lipinski definition) is 8. The monoisotopic (exact) mass is 487 g/mol. The fraction of sp³-hybridized carbons (Fsp3) is 0.231. The van der Waals surface area contributed by atoms with Crippen molar-refractivity contribution in [3.8, 4) is 16.9 Å². The number of nitrogens with one attached hydrogen (secondary N) is 2. The van der Waals surface area contributed by atoms with Gasteiger partial charge in [0.05, 0.1) is 47.7 Å². The van der Waals surface area contributed by atoms with Gasteiger partial charge in [-0.1, -0.05) is 12.7 Å². The molecular weight excluding hydrogens is 461 g/mol. The number of morpholine rings is 1. The number of hydrogen-bond donors (Lipinski definition) is 2. The molecule has 1 saturated heterocycles. The van der Waals surface area contributed by atoms with E-state index in [0.717, 1.165) is 17.7 Å². The first kappa shape index (κ1) is 23.6. The normalized spacial score (nSPS) is 15.6. The van der Waals surface area contributed by atoms with Crippen molar-refractivity contribution in [1.29, 1.82) is 0 Å². The van der Waals surface area contributed by atoms with Crippen molar-refractivity contribution in [2.45, 2.75) is 6.04 Å². The van der Waals surface area contributed by atoms with E-state index in [1.165, 1.54) is 12.4 Å². The van der Waals surface area contributed by atoms with Crippen molar-refractivity contribution in [2.24, 2.45) is 12.0 Å². The molecule has 2 aromatic carbocycles. The van der Waals surface area contributed by atoms with Gasteiger partial charge in [0.25, 0.3) is 0 Å². The van der Waals surface area contributed by atoms with Crippen LogP contribution in [0.15, 0.2) is 54.6 Å². The van der Waals surface area contributed by atoms with Crippen LogP contribution in [0.5, 0.6) is 5.75 Å². The van der Waals surface area contributed by atoms with Gasteiger partial charge in [0.2, 0.25) is 0 Å². The van der Waals surface area contributed by atoms with E-state index < -0.39 is 5.82 Å². The zero-order valence-corrected chi connectivity index (χ0v) is 19.9. The second kappa shape index (κ2) is 10.2. The number of aromatic nitrogens is 4. The molecule has 10 heteroatoms. The molecule has 184 valence electrons. The molecule has 36 heavy (non-hydrogen) atoms. The lowest BCUT2D eigenvalue weighted by Gasteiger charge is -2.24. The molecule has 5 rings (SSSR count). The number of rotatable bonds is 8. The Morgan fingerprint density at radius 1 is 1.33 bits per heavy atom. The summed E-state index contributed by atoms with van der Waals surface area (Å²) in [7, 11) is 1.86. The number of anilines is 2. The lowest BCUT2D eigenvalue weighted by molar-refractivity contribution is 0.0595. The first-order chi connectivity index (χ1) is 17.6. The molecule has 3 heterocycles. The summed E-state index contributed by atoms with van der Waals surface area (Å²) in [5.74, 6) is 0.476. The maximum atomic E-state index is 15.3. The maximum absolute atomic E-state index is 15.3. The lowest BCUT2D eigenvalue weighted by atomic mass is 10.1. The zero-order valence-electron chi connectivity index (χ0n) is 19.9. The number of fused-ring (bicyclic) bond motifs is 1. The largest absolute Gasteiger partial charge is 0.491 e. The van der Waals surface area contributed by atoms with Crippen LogP contribution >= 0.6 is 0 Å². The van der Waals surface area contributed by atoms with Gasteiger partial charge in [-0.3, -0.25) is 9.67 Å². The molecule has 4 aromatic rings. The summed E-state index contributed by atoms with van der Waals surface area (Å²) < 4.78 is 28.8. The highest BCUT2D eigenvalue weighted by Crippen LogP contribution is 2.37. The van der Waals surface area contributed by atoms with Gasteiger partial charge in [0, 0.05) is 30.9 Å². The van der Waals surface area contributed by atoms with E-state index in [4.69, 9.17) is 9.47 Å². The predicted octanol–water partition coefficient (Wildman–Crippen LogP) is 4.26. The third kappa shape index (κ3) is 4.68. The third-order valence-corrected chi connectivity index (χ3v) is 5.96. The highest BCUT2D eigenvalue weighted by atomic mass is 19.1. The van der Waals surface area contributed by atoms with Gasteiger partial charge in [-0.2, -0.15) is 5.10 Å². The maximum Gasteiger partial charge on any atom is 0.156 e. The second-order valence-corrected chi connectivity index (χ2v) is 8.38. The van der Waals surface area contributed by atoms with Gasteiger partial charge in [-0.15, -0.1) is 0 Å². The molecule has 1 fully saturated rings. The average molecular weight is 488 g/mol. The quantitative estimate of drug-likeness (QED) is 0.359. The molecule has 1 aliphatic rings. The van der Waals surface area contributed by atoms with Gasteiger partial charge in [-0.25, -0.2) is 14.4 Å². The summed E-state index contributed by atoms with van der Waals surface area (Å²) in [6.45, 7) is 9.58. The summed E-state index contributed by atoms with van der Waals surface area (Å²) in [5.41, 5.74) is 3.35. The smallest absolute Gasteiger partial charge is 0.156 e. The number of aliphatic imine (C=N–C) groups is 1. The van der Waals surface area contributed by atoms with Crippen LogP contribution in [0.2, 0.25) is 0 Å². The van der Waals surface area contributed by atoms with E-state index in [2.05, 4.69) is 44.0 Å². The Morgan fingerprint density at radius 2 is 2.22 bits per heavy atom. The van der Waals surface area contributed by atoms with E-state index in [0.29, 0.717) is 48.0 Å². The molecule has 1 unspecified atom stereocenters. The minimum Gasteiger partial charge on any atom is -0.491 e.